The lowest BCUT2D eigenvalue weighted by atomic mass is 10.1. The number of nitrogens with one attached hydrogen (secondary N) is 3. The molecule has 2 aromatic rings. The van der Waals surface area contributed by atoms with E-state index in [4.69, 9.17) is 23.8 Å². The SMILES string of the molecule is O=[N+]([O-])c1ccc(Cl)c(NC(=S)NCc2ccc(C[NH+]3CCCC3)cc2)c1. The molecule has 0 amide bonds. The summed E-state index contributed by atoms with van der Waals surface area (Å²) in [6.07, 6.45) is 2.66. The minimum absolute atomic E-state index is 0.0413. The highest BCUT2D eigenvalue weighted by Crippen LogP contribution is 2.26. The van der Waals surface area contributed by atoms with Crippen LogP contribution in [-0.2, 0) is 13.1 Å². The maximum Gasteiger partial charge on any atom is 0.271 e. The molecule has 3 N–H and O–H groups in total. The Balaban J connectivity index is 1.51. The number of quaternary nitrogens is 1. The number of rotatable bonds is 6. The molecule has 1 aliphatic rings. The van der Waals surface area contributed by atoms with Crippen molar-refractivity contribution >= 4 is 40.3 Å². The summed E-state index contributed by atoms with van der Waals surface area (Å²) in [5.41, 5.74) is 2.83. The van der Waals surface area contributed by atoms with Crippen LogP contribution in [0.4, 0.5) is 11.4 Å². The Labute approximate surface area is 168 Å². The van der Waals surface area contributed by atoms with Gasteiger partial charge in [0.25, 0.3) is 5.69 Å². The molecule has 0 radical (unpaired) electrons. The lowest BCUT2D eigenvalue weighted by Crippen LogP contribution is -3.08. The molecule has 1 aliphatic heterocycles. The van der Waals surface area contributed by atoms with E-state index < -0.39 is 4.92 Å². The first-order chi connectivity index (χ1) is 13.0. The molecule has 0 aliphatic carbocycles. The van der Waals surface area contributed by atoms with Crippen molar-refractivity contribution in [3.05, 3.63) is 68.7 Å². The van der Waals surface area contributed by atoms with Gasteiger partial charge in [0.15, 0.2) is 5.11 Å². The third-order valence-corrected chi connectivity index (χ3v) is 5.23. The van der Waals surface area contributed by atoms with Gasteiger partial charge in [-0.05, 0) is 23.8 Å². The Morgan fingerprint density at radius 2 is 1.81 bits per heavy atom. The fraction of sp³-hybridized carbons (Fsp3) is 0.316. The molecule has 0 spiro atoms. The quantitative estimate of drug-likeness (QED) is 0.391. The first kappa shape index (κ1) is 19.5. The molecule has 8 heteroatoms. The van der Waals surface area contributed by atoms with Gasteiger partial charge in [0.05, 0.1) is 28.7 Å². The second-order valence-electron chi connectivity index (χ2n) is 6.68. The first-order valence-corrected chi connectivity index (χ1v) is 9.70. The molecule has 2 aromatic carbocycles. The van der Waals surface area contributed by atoms with Crippen LogP contribution in [0.25, 0.3) is 0 Å². The number of likely N-dealkylation sites (tertiary alicyclic amines) is 1. The van der Waals surface area contributed by atoms with Crippen molar-refractivity contribution in [1.82, 2.24) is 5.32 Å². The maximum absolute atomic E-state index is 10.9. The standard InChI is InChI=1S/C19H21ClN4O2S/c20-17-8-7-16(24(25)26)11-18(17)22-19(27)21-12-14-3-5-15(6-4-14)13-23-9-1-2-10-23/h3-8,11H,1-2,9-10,12-13H2,(H2,21,22,27)/p+1. The average Bonchev–Trinajstić information content (AvgIpc) is 3.16. The number of hydrogen-bond donors (Lipinski definition) is 3. The molecule has 3 rings (SSSR count). The van der Waals surface area contributed by atoms with Crippen LogP contribution in [0.2, 0.25) is 5.02 Å². The molecule has 0 unspecified atom stereocenters. The number of anilines is 1. The van der Waals surface area contributed by atoms with Crippen LogP contribution < -0.4 is 15.5 Å². The zero-order valence-corrected chi connectivity index (χ0v) is 16.4. The van der Waals surface area contributed by atoms with Gasteiger partial charge < -0.3 is 15.5 Å². The van der Waals surface area contributed by atoms with Crippen LogP contribution in [0.1, 0.15) is 24.0 Å². The molecular formula is C19H22ClN4O2S+. The number of halogens is 1. The zero-order chi connectivity index (χ0) is 19.2. The van der Waals surface area contributed by atoms with Crippen LogP contribution in [0, 0.1) is 10.1 Å². The topological polar surface area (TPSA) is 71.6 Å². The lowest BCUT2D eigenvalue weighted by molar-refractivity contribution is -0.901. The summed E-state index contributed by atoms with van der Waals surface area (Å²) in [6.45, 7) is 4.18. The number of benzene rings is 2. The monoisotopic (exact) mass is 405 g/mol. The van der Waals surface area contributed by atoms with E-state index in [9.17, 15) is 10.1 Å². The summed E-state index contributed by atoms with van der Waals surface area (Å²) in [5.74, 6) is 0. The molecule has 1 fully saturated rings. The highest BCUT2D eigenvalue weighted by molar-refractivity contribution is 7.80. The van der Waals surface area contributed by atoms with E-state index in [0.717, 1.165) is 12.1 Å². The molecule has 1 heterocycles. The van der Waals surface area contributed by atoms with Crippen LogP contribution in [0.3, 0.4) is 0 Å². The third-order valence-electron chi connectivity index (χ3n) is 4.65. The van der Waals surface area contributed by atoms with Gasteiger partial charge in [0, 0.05) is 37.1 Å². The molecule has 0 bridgehead atoms. The Morgan fingerprint density at radius 3 is 2.48 bits per heavy atom. The fourth-order valence-electron chi connectivity index (χ4n) is 3.19. The molecule has 0 saturated carbocycles. The normalized spacial score (nSPS) is 14.1. The van der Waals surface area contributed by atoms with Gasteiger partial charge in [-0.25, -0.2) is 0 Å². The number of thiocarbonyl (C=S) groups is 1. The number of nitrogens with zero attached hydrogens (tertiary/aromatic N) is 1. The number of nitro groups is 1. The highest BCUT2D eigenvalue weighted by Gasteiger charge is 2.15. The molecule has 1 saturated heterocycles. The van der Waals surface area contributed by atoms with Crippen molar-refractivity contribution in [1.29, 1.82) is 0 Å². The Hall–Kier alpha value is -2.22. The maximum atomic E-state index is 10.9. The predicted molar refractivity (Wildman–Crippen MR) is 111 cm³/mol. The van der Waals surface area contributed by atoms with E-state index in [1.807, 2.05) is 0 Å². The molecule has 0 atom stereocenters. The van der Waals surface area contributed by atoms with Gasteiger partial charge in [-0.15, -0.1) is 0 Å². The van der Waals surface area contributed by atoms with Crippen molar-refractivity contribution in [3.8, 4) is 0 Å². The van der Waals surface area contributed by atoms with E-state index in [0.29, 0.717) is 22.4 Å². The molecule has 27 heavy (non-hydrogen) atoms. The van der Waals surface area contributed by atoms with Crippen LogP contribution >= 0.6 is 23.8 Å². The first-order valence-electron chi connectivity index (χ1n) is 8.91. The second kappa shape index (κ2) is 9.12. The van der Waals surface area contributed by atoms with Gasteiger partial charge in [0.1, 0.15) is 6.54 Å². The summed E-state index contributed by atoms with van der Waals surface area (Å²) >= 11 is 11.3. The minimum atomic E-state index is -0.469. The van der Waals surface area contributed by atoms with Crippen LogP contribution in [0.15, 0.2) is 42.5 Å². The van der Waals surface area contributed by atoms with Crippen molar-refractivity contribution in [2.75, 3.05) is 18.4 Å². The minimum Gasteiger partial charge on any atom is -0.358 e. The largest absolute Gasteiger partial charge is 0.358 e. The van der Waals surface area contributed by atoms with E-state index in [2.05, 4.69) is 34.9 Å². The smallest absolute Gasteiger partial charge is 0.271 e. The summed E-state index contributed by atoms with van der Waals surface area (Å²) < 4.78 is 0. The van der Waals surface area contributed by atoms with E-state index in [-0.39, 0.29) is 5.69 Å². The van der Waals surface area contributed by atoms with Crippen molar-refractivity contribution < 1.29 is 9.82 Å². The van der Waals surface area contributed by atoms with E-state index in [1.165, 1.54) is 49.7 Å². The molecule has 142 valence electrons. The van der Waals surface area contributed by atoms with Gasteiger partial charge in [-0.3, -0.25) is 10.1 Å². The van der Waals surface area contributed by atoms with Gasteiger partial charge >= 0.3 is 0 Å². The van der Waals surface area contributed by atoms with Crippen LogP contribution in [-0.4, -0.2) is 23.1 Å². The fourth-order valence-corrected chi connectivity index (χ4v) is 3.53. The zero-order valence-electron chi connectivity index (χ0n) is 14.8. The predicted octanol–water partition coefficient (Wildman–Crippen LogP) is 2.91. The van der Waals surface area contributed by atoms with Gasteiger partial charge in [-0.2, -0.15) is 0 Å². The summed E-state index contributed by atoms with van der Waals surface area (Å²) in [7, 11) is 0. The molecule has 0 aromatic heterocycles. The Kier molecular flexibility index (Phi) is 6.60. The van der Waals surface area contributed by atoms with Gasteiger partial charge in [0.2, 0.25) is 0 Å². The highest BCUT2D eigenvalue weighted by atomic mass is 35.5. The molecular weight excluding hydrogens is 384 g/mol. The summed E-state index contributed by atoms with van der Waals surface area (Å²) in [5, 5.41) is 17.6. The Bertz CT molecular complexity index is 823. The second-order valence-corrected chi connectivity index (χ2v) is 7.49. The van der Waals surface area contributed by atoms with E-state index >= 15 is 0 Å². The van der Waals surface area contributed by atoms with Crippen molar-refractivity contribution in [3.63, 3.8) is 0 Å². The van der Waals surface area contributed by atoms with Crippen molar-refractivity contribution in [2.24, 2.45) is 0 Å². The lowest BCUT2D eigenvalue weighted by Gasteiger charge is -2.13. The average molecular weight is 406 g/mol. The number of non-ortho nitro benzene ring substituents is 1. The van der Waals surface area contributed by atoms with Crippen molar-refractivity contribution in [2.45, 2.75) is 25.9 Å². The Morgan fingerprint density at radius 1 is 1.15 bits per heavy atom. The molecule has 6 nitrogen and oxygen atoms in total. The summed E-state index contributed by atoms with van der Waals surface area (Å²) in [4.78, 5) is 12.1. The number of hydrogen-bond acceptors (Lipinski definition) is 3. The number of nitro benzene ring substituents is 1. The third kappa shape index (κ3) is 5.63. The van der Waals surface area contributed by atoms with E-state index in [1.54, 1.807) is 4.90 Å². The summed E-state index contributed by atoms with van der Waals surface area (Å²) in [6, 6.07) is 12.7. The van der Waals surface area contributed by atoms with Gasteiger partial charge in [-0.1, -0.05) is 35.9 Å². The van der Waals surface area contributed by atoms with Crippen LogP contribution in [0.5, 0.6) is 0 Å².